The summed E-state index contributed by atoms with van der Waals surface area (Å²) in [4.78, 5) is 21.0. The number of ether oxygens (including phenoxy) is 2. The van der Waals surface area contributed by atoms with Gasteiger partial charge in [0.05, 0.1) is 7.11 Å². The quantitative estimate of drug-likeness (QED) is 0.378. The third-order valence-electron chi connectivity index (χ3n) is 5.14. The maximum Gasteiger partial charge on any atom is 0.251 e. The van der Waals surface area contributed by atoms with Crippen LogP contribution in [0, 0.1) is 0 Å². The van der Waals surface area contributed by atoms with Gasteiger partial charge in [0.2, 0.25) is 0 Å². The zero-order chi connectivity index (χ0) is 19.1. The highest BCUT2D eigenvalue weighted by atomic mass is 127. The second kappa shape index (κ2) is 11.5. The van der Waals surface area contributed by atoms with Gasteiger partial charge in [-0.15, -0.1) is 24.0 Å². The van der Waals surface area contributed by atoms with Gasteiger partial charge in [-0.1, -0.05) is 12.1 Å². The number of carbonyl (C=O) groups is 1. The van der Waals surface area contributed by atoms with Crippen molar-refractivity contribution < 1.29 is 14.3 Å². The van der Waals surface area contributed by atoms with Crippen LogP contribution in [0.15, 0.2) is 29.3 Å². The maximum atomic E-state index is 12.5. The predicted molar refractivity (Wildman–Crippen MR) is 121 cm³/mol. The number of halogens is 1. The first kappa shape index (κ1) is 22.7. The molecule has 1 N–H and O–H groups in total. The van der Waals surface area contributed by atoms with E-state index in [-0.39, 0.29) is 36.0 Å². The van der Waals surface area contributed by atoms with E-state index in [4.69, 9.17) is 9.47 Å². The van der Waals surface area contributed by atoms with Crippen molar-refractivity contribution in [3.8, 4) is 5.75 Å². The molecule has 0 spiro atoms. The van der Waals surface area contributed by atoms with E-state index in [1.54, 1.807) is 14.2 Å². The number of methoxy groups -OCH3 is 1. The van der Waals surface area contributed by atoms with Gasteiger partial charge >= 0.3 is 0 Å². The van der Waals surface area contributed by atoms with E-state index < -0.39 is 0 Å². The number of hydrogen-bond acceptors (Lipinski definition) is 4. The van der Waals surface area contributed by atoms with Crippen molar-refractivity contribution in [2.45, 2.75) is 25.4 Å². The number of piperazine rings is 1. The zero-order valence-corrected chi connectivity index (χ0v) is 19.1. The van der Waals surface area contributed by atoms with Crippen LogP contribution in [0.4, 0.5) is 0 Å². The zero-order valence-electron chi connectivity index (χ0n) is 16.7. The van der Waals surface area contributed by atoms with Crippen molar-refractivity contribution in [3.05, 3.63) is 29.8 Å². The second-order valence-corrected chi connectivity index (χ2v) is 6.89. The molecule has 0 saturated carbocycles. The lowest BCUT2D eigenvalue weighted by atomic mass is 10.1. The number of amides is 1. The molecule has 2 aliphatic rings. The minimum atomic E-state index is -0.225. The summed E-state index contributed by atoms with van der Waals surface area (Å²) in [5, 5.41) is 3.43. The third kappa shape index (κ3) is 5.97. The lowest BCUT2D eigenvalue weighted by molar-refractivity contribution is -0.142. The molecule has 156 valence electrons. The van der Waals surface area contributed by atoms with Crippen molar-refractivity contribution in [3.63, 3.8) is 0 Å². The van der Waals surface area contributed by atoms with Gasteiger partial charge in [0, 0.05) is 46.4 Å². The fourth-order valence-corrected chi connectivity index (χ4v) is 3.59. The standard InChI is InChI=1S/C20H30N4O3.HI/c1-21-20(22-9-8-16-5-3-6-17(15-16)26-2)24-12-10-23(11-13-24)19(25)18-7-4-14-27-18;/h3,5-6,15,18H,4,7-14H2,1-2H3,(H,21,22);1H. The molecule has 28 heavy (non-hydrogen) atoms. The number of hydrogen-bond donors (Lipinski definition) is 1. The lowest BCUT2D eigenvalue weighted by Crippen LogP contribution is -2.55. The lowest BCUT2D eigenvalue weighted by Gasteiger charge is -2.37. The van der Waals surface area contributed by atoms with E-state index in [0.717, 1.165) is 63.7 Å². The SMILES string of the molecule is CN=C(NCCc1cccc(OC)c1)N1CCN(C(=O)C2CCCO2)CC1.I. The largest absolute Gasteiger partial charge is 0.497 e. The van der Waals surface area contributed by atoms with Gasteiger partial charge in [0.25, 0.3) is 5.91 Å². The molecule has 2 fully saturated rings. The summed E-state index contributed by atoms with van der Waals surface area (Å²) in [5.74, 6) is 1.92. The van der Waals surface area contributed by atoms with Crippen LogP contribution >= 0.6 is 24.0 Å². The Bertz CT molecular complexity index is 657. The van der Waals surface area contributed by atoms with Crippen LogP contribution in [-0.4, -0.2) is 81.3 Å². The van der Waals surface area contributed by atoms with Crippen LogP contribution in [0.1, 0.15) is 18.4 Å². The summed E-state index contributed by atoms with van der Waals surface area (Å²) < 4.78 is 10.8. The Morgan fingerprint density at radius 2 is 2.04 bits per heavy atom. The van der Waals surface area contributed by atoms with Gasteiger partial charge < -0.3 is 24.6 Å². The number of aliphatic imine (C=N–C) groups is 1. The van der Waals surface area contributed by atoms with Gasteiger partial charge in [0.15, 0.2) is 5.96 Å². The van der Waals surface area contributed by atoms with Crippen LogP contribution in [0.3, 0.4) is 0 Å². The average Bonchev–Trinajstić information content (AvgIpc) is 3.26. The summed E-state index contributed by atoms with van der Waals surface area (Å²) in [5.41, 5.74) is 1.23. The normalized spacial score (nSPS) is 19.9. The van der Waals surface area contributed by atoms with Crippen LogP contribution in [0.25, 0.3) is 0 Å². The highest BCUT2D eigenvalue weighted by molar-refractivity contribution is 14.0. The molecular weight excluding hydrogens is 471 g/mol. The number of nitrogens with one attached hydrogen (secondary N) is 1. The summed E-state index contributed by atoms with van der Waals surface area (Å²) in [6.45, 7) is 4.52. The van der Waals surface area contributed by atoms with Crippen LogP contribution < -0.4 is 10.1 Å². The summed E-state index contributed by atoms with van der Waals surface area (Å²) in [6.07, 6.45) is 2.51. The van der Waals surface area contributed by atoms with Crippen molar-refractivity contribution >= 4 is 35.8 Å². The van der Waals surface area contributed by atoms with E-state index in [2.05, 4.69) is 27.3 Å². The van der Waals surface area contributed by atoms with Gasteiger partial charge in [-0.3, -0.25) is 9.79 Å². The Hall–Kier alpha value is -1.55. The molecule has 2 saturated heterocycles. The molecule has 1 unspecified atom stereocenters. The van der Waals surface area contributed by atoms with E-state index in [1.807, 2.05) is 17.0 Å². The Labute approximate surface area is 184 Å². The molecule has 0 bridgehead atoms. The first-order chi connectivity index (χ1) is 13.2. The average molecular weight is 502 g/mol. The second-order valence-electron chi connectivity index (χ2n) is 6.89. The molecule has 3 rings (SSSR count). The fraction of sp³-hybridized carbons (Fsp3) is 0.600. The number of nitrogens with zero attached hydrogens (tertiary/aromatic N) is 3. The van der Waals surface area contributed by atoms with Crippen LogP contribution in [0.5, 0.6) is 5.75 Å². The molecule has 0 aliphatic carbocycles. The van der Waals surface area contributed by atoms with Gasteiger partial charge in [0.1, 0.15) is 11.9 Å². The first-order valence-electron chi connectivity index (χ1n) is 9.70. The highest BCUT2D eigenvalue weighted by Gasteiger charge is 2.30. The van der Waals surface area contributed by atoms with Gasteiger partial charge in [-0.05, 0) is 37.0 Å². The van der Waals surface area contributed by atoms with Crippen molar-refractivity contribution in [1.29, 1.82) is 0 Å². The Morgan fingerprint density at radius 3 is 2.68 bits per heavy atom. The fourth-order valence-electron chi connectivity index (χ4n) is 3.59. The molecule has 2 heterocycles. The maximum absolute atomic E-state index is 12.5. The minimum absolute atomic E-state index is 0. The summed E-state index contributed by atoms with van der Waals surface area (Å²) >= 11 is 0. The van der Waals surface area contributed by atoms with Gasteiger partial charge in [-0.25, -0.2) is 0 Å². The van der Waals surface area contributed by atoms with E-state index >= 15 is 0 Å². The number of benzene rings is 1. The van der Waals surface area contributed by atoms with Crippen molar-refractivity contribution in [2.24, 2.45) is 4.99 Å². The summed E-state index contributed by atoms with van der Waals surface area (Å²) in [6, 6.07) is 8.11. The smallest absolute Gasteiger partial charge is 0.251 e. The van der Waals surface area contributed by atoms with Crippen molar-refractivity contribution in [1.82, 2.24) is 15.1 Å². The number of rotatable bonds is 5. The van der Waals surface area contributed by atoms with Crippen molar-refractivity contribution in [2.75, 3.05) is 53.5 Å². The first-order valence-corrected chi connectivity index (χ1v) is 9.70. The number of carbonyl (C=O) groups excluding carboxylic acids is 1. The topological polar surface area (TPSA) is 66.4 Å². The molecule has 7 nitrogen and oxygen atoms in total. The molecule has 1 aromatic rings. The Balaban J connectivity index is 0.00000280. The molecule has 0 radical (unpaired) electrons. The highest BCUT2D eigenvalue weighted by Crippen LogP contribution is 2.16. The molecule has 0 aromatic heterocycles. The molecule has 2 aliphatic heterocycles. The van der Waals surface area contributed by atoms with E-state index in [1.165, 1.54) is 5.56 Å². The van der Waals surface area contributed by atoms with Gasteiger partial charge in [-0.2, -0.15) is 0 Å². The van der Waals surface area contributed by atoms with Crippen LogP contribution in [0.2, 0.25) is 0 Å². The predicted octanol–water partition coefficient (Wildman–Crippen LogP) is 1.75. The molecule has 1 aromatic carbocycles. The summed E-state index contributed by atoms with van der Waals surface area (Å²) in [7, 11) is 3.49. The molecule has 1 amide bonds. The third-order valence-corrected chi connectivity index (χ3v) is 5.14. The Morgan fingerprint density at radius 1 is 1.29 bits per heavy atom. The van der Waals surface area contributed by atoms with E-state index in [9.17, 15) is 4.79 Å². The number of guanidine groups is 1. The monoisotopic (exact) mass is 502 g/mol. The van der Waals surface area contributed by atoms with Crippen LogP contribution in [-0.2, 0) is 16.0 Å². The Kier molecular flexibility index (Phi) is 9.30. The molecule has 8 heteroatoms. The molecule has 1 atom stereocenters. The van der Waals surface area contributed by atoms with E-state index in [0.29, 0.717) is 6.61 Å². The molecular formula is C20H31IN4O3. The minimum Gasteiger partial charge on any atom is -0.497 e.